The van der Waals surface area contributed by atoms with Crippen molar-refractivity contribution in [3.63, 3.8) is 0 Å². The minimum atomic E-state index is -0.0482. The van der Waals surface area contributed by atoms with Crippen molar-refractivity contribution >= 4 is 12.2 Å². The molecule has 0 spiro atoms. The number of allylic oxidation sites excluding steroid dienone is 2. The molecule has 0 N–H and O–H groups in total. The third-order valence-electron chi connectivity index (χ3n) is 5.22. The molecule has 0 fully saturated rings. The molecule has 0 radical (unpaired) electrons. The van der Waals surface area contributed by atoms with E-state index in [9.17, 15) is 0 Å². The van der Waals surface area contributed by atoms with Gasteiger partial charge in [-0.25, -0.2) is 0 Å². The Balaban J connectivity index is 1.17. The number of rotatable bonds is 7. The molecular weight excluding hydrogens is 354 g/mol. The maximum absolute atomic E-state index is 2.45. The molecule has 116 valence electrons. The molecule has 2 aliphatic carbocycles. The van der Waals surface area contributed by atoms with E-state index in [1.807, 2.05) is 0 Å². The van der Waals surface area contributed by atoms with E-state index >= 15 is 0 Å². The van der Waals surface area contributed by atoms with Gasteiger partial charge in [-0.15, -0.1) is 0 Å². The second kappa shape index (κ2) is 8.36. The molecule has 2 aliphatic rings. The zero-order valence-electron chi connectivity index (χ0n) is 14.1. The van der Waals surface area contributed by atoms with E-state index in [2.05, 4.69) is 72.8 Å². The van der Waals surface area contributed by atoms with Gasteiger partial charge in [0.2, 0.25) is 0 Å². The van der Waals surface area contributed by atoms with E-state index in [1.165, 1.54) is 19.5 Å². The summed E-state index contributed by atoms with van der Waals surface area (Å²) in [5.41, 5.74) is 6.09. The summed E-state index contributed by atoms with van der Waals surface area (Å²) in [6.45, 7) is 0. The molecule has 2 unspecified atom stereocenters. The zero-order chi connectivity index (χ0) is 16.2. The van der Waals surface area contributed by atoms with E-state index in [4.69, 9.17) is 0 Å². The van der Waals surface area contributed by atoms with Gasteiger partial charge in [-0.3, -0.25) is 0 Å². The third-order valence-corrected chi connectivity index (χ3v) is 11.8. The summed E-state index contributed by atoms with van der Waals surface area (Å²) in [6, 6.07) is 17.9. The summed E-state index contributed by atoms with van der Waals surface area (Å²) < 4.78 is 6.16. The van der Waals surface area contributed by atoms with E-state index in [1.54, 1.807) is 19.5 Å². The van der Waals surface area contributed by atoms with E-state index in [0.717, 1.165) is 11.8 Å². The third kappa shape index (κ3) is 3.90. The van der Waals surface area contributed by atoms with Crippen LogP contribution in [0.25, 0.3) is 12.2 Å². The van der Waals surface area contributed by atoms with Crippen molar-refractivity contribution in [2.24, 2.45) is 0 Å². The first-order chi connectivity index (χ1) is 11.9. The van der Waals surface area contributed by atoms with Gasteiger partial charge in [-0.05, 0) is 0 Å². The first-order valence-electron chi connectivity index (χ1n) is 9.09. The van der Waals surface area contributed by atoms with Gasteiger partial charge in [0.15, 0.2) is 0 Å². The fourth-order valence-corrected chi connectivity index (χ4v) is 10.8. The molecule has 2 aromatic rings. The molecule has 0 bridgehead atoms. The van der Waals surface area contributed by atoms with Crippen LogP contribution in [0.2, 0.25) is 16.7 Å². The molecule has 24 heavy (non-hydrogen) atoms. The van der Waals surface area contributed by atoms with Crippen LogP contribution in [0.4, 0.5) is 0 Å². The Hall–Kier alpha value is -0.340. The Morgan fingerprint density at radius 3 is 1.58 bits per heavy atom. The fraction of sp³-hybridized carbons (Fsp3) is 0.273. The number of benzene rings is 2. The number of hydrogen-bond acceptors (Lipinski definition) is 0. The maximum atomic E-state index is 2.45. The molecule has 0 heterocycles. The Labute approximate surface area is 168 Å². The SMILES string of the molecule is C1=CC([CH2][Sc][CH2][CH2][Sc][CH2]C2C=Cc3ccccc32)c2ccccc21. The van der Waals surface area contributed by atoms with E-state index in [-0.39, 0.29) is 45.8 Å². The van der Waals surface area contributed by atoms with Crippen LogP contribution in [0.5, 0.6) is 0 Å². The summed E-state index contributed by atoms with van der Waals surface area (Å²) in [5, 5.41) is 0. The molecule has 0 amide bonds. The minimum absolute atomic E-state index is 0.0482. The molecule has 0 aliphatic heterocycles. The van der Waals surface area contributed by atoms with Gasteiger partial charge < -0.3 is 0 Å². The van der Waals surface area contributed by atoms with Crippen LogP contribution in [0.1, 0.15) is 34.1 Å². The zero-order valence-corrected chi connectivity index (χ0v) is 17.7. The van der Waals surface area contributed by atoms with Gasteiger partial charge in [0.05, 0.1) is 0 Å². The number of fused-ring (bicyclic) bond motifs is 2. The van der Waals surface area contributed by atoms with E-state index in [0.29, 0.717) is 0 Å². The van der Waals surface area contributed by atoms with Crippen LogP contribution in [0.15, 0.2) is 60.7 Å². The molecule has 4 rings (SSSR count). The van der Waals surface area contributed by atoms with Gasteiger partial charge in [0.25, 0.3) is 0 Å². The summed E-state index contributed by atoms with van der Waals surface area (Å²) in [5.74, 6) is 1.49. The van der Waals surface area contributed by atoms with Crippen LogP contribution in [0, 0.1) is 0 Å². The van der Waals surface area contributed by atoms with Crippen LogP contribution in [-0.2, 0) is 45.8 Å². The van der Waals surface area contributed by atoms with Gasteiger partial charge in [0, 0.05) is 0 Å². The monoisotopic (exact) mass is 376 g/mol. The standard InChI is InChI=1S/2C10H9.C2H4.2Sc/c2*1-8-6-7-9-4-2-3-5-10(8)9;1-2;;/h2*2-8H,1H2;1-2H2;;. The Kier molecular flexibility index (Phi) is 5.95. The first kappa shape index (κ1) is 17.1. The molecule has 2 atom stereocenters. The predicted molar refractivity (Wildman–Crippen MR) is 95.7 cm³/mol. The summed E-state index contributed by atoms with van der Waals surface area (Å²) >= 11 is -0.0964. The van der Waals surface area contributed by atoms with Crippen LogP contribution in [0.3, 0.4) is 0 Å². The van der Waals surface area contributed by atoms with Crippen LogP contribution in [-0.4, -0.2) is 0 Å². The Morgan fingerprint density at radius 1 is 0.625 bits per heavy atom. The van der Waals surface area contributed by atoms with Gasteiger partial charge >= 0.3 is 169 Å². The first-order valence-corrected chi connectivity index (χ1v) is 14.2. The second-order valence-electron chi connectivity index (χ2n) is 6.82. The summed E-state index contributed by atoms with van der Waals surface area (Å²) in [6.07, 6.45) is 9.55. The van der Waals surface area contributed by atoms with Crippen molar-refractivity contribution in [2.75, 3.05) is 0 Å². The quantitative estimate of drug-likeness (QED) is 0.488. The van der Waals surface area contributed by atoms with Gasteiger partial charge in [0.1, 0.15) is 0 Å². The summed E-state index contributed by atoms with van der Waals surface area (Å²) in [4.78, 5) is 0. The van der Waals surface area contributed by atoms with Crippen molar-refractivity contribution in [2.45, 2.75) is 28.5 Å². The molecular formula is C22H22Sc2. The van der Waals surface area contributed by atoms with Crippen LogP contribution < -0.4 is 0 Å². The Bertz CT molecular complexity index is 695. The number of hydrogen-bond donors (Lipinski definition) is 0. The van der Waals surface area contributed by atoms with Crippen molar-refractivity contribution < 1.29 is 45.8 Å². The molecule has 2 aromatic carbocycles. The molecule has 0 saturated heterocycles. The van der Waals surface area contributed by atoms with Gasteiger partial charge in [-0.2, -0.15) is 0 Å². The molecule has 0 aromatic heterocycles. The second-order valence-corrected chi connectivity index (χ2v) is 11.9. The molecule has 0 nitrogen and oxygen atoms in total. The average Bonchev–Trinajstić information content (AvgIpc) is 3.22. The average molecular weight is 376 g/mol. The van der Waals surface area contributed by atoms with Gasteiger partial charge in [-0.1, -0.05) is 0 Å². The fourth-order valence-electron chi connectivity index (χ4n) is 3.89. The van der Waals surface area contributed by atoms with Crippen LogP contribution >= 0.6 is 0 Å². The predicted octanol–water partition coefficient (Wildman–Crippen LogP) is 6.45. The van der Waals surface area contributed by atoms with Crippen molar-refractivity contribution in [1.29, 1.82) is 0 Å². The summed E-state index contributed by atoms with van der Waals surface area (Å²) in [7, 11) is 0. The normalized spacial score (nSPS) is 19.7. The molecule has 2 heteroatoms. The molecule has 0 saturated carbocycles. The topological polar surface area (TPSA) is 0 Å². The van der Waals surface area contributed by atoms with Crippen molar-refractivity contribution in [3.05, 3.63) is 82.9 Å². The van der Waals surface area contributed by atoms with E-state index < -0.39 is 0 Å². The van der Waals surface area contributed by atoms with Crippen molar-refractivity contribution in [1.82, 2.24) is 0 Å². The Morgan fingerprint density at radius 2 is 1.08 bits per heavy atom. The van der Waals surface area contributed by atoms with Crippen molar-refractivity contribution in [3.8, 4) is 0 Å².